The minimum absolute atomic E-state index is 0.0170. The van der Waals surface area contributed by atoms with Gasteiger partial charge in [-0.2, -0.15) is 0 Å². The lowest BCUT2D eigenvalue weighted by Crippen LogP contribution is -2.45. The number of aliphatic hydroxyl groups is 2. The van der Waals surface area contributed by atoms with Crippen molar-refractivity contribution in [1.82, 2.24) is 5.32 Å². The summed E-state index contributed by atoms with van der Waals surface area (Å²) in [5.74, 6) is -0.0129. The molecule has 0 saturated carbocycles. The summed E-state index contributed by atoms with van der Waals surface area (Å²) in [4.78, 5) is 24.6. The van der Waals surface area contributed by atoms with Gasteiger partial charge in [0.1, 0.15) is 0 Å². The Balaban J connectivity index is 3.38. The van der Waals surface area contributed by atoms with Crippen molar-refractivity contribution in [1.29, 1.82) is 0 Å². The quantitative estimate of drug-likeness (QED) is 0.0320. The number of carbonyl (C=O) groups excluding carboxylic acids is 2. The highest BCUT2D eigenvalue weighted by Gasteiger charge is 2.20. The lowest BCUT2D eigenvalue weighted by atomic mass is 10.0. The molecule has 0 aromatic carbocycles. The molecule has 3 N–H and O–H groups in total. The first-order valence-electron chi connectivity index (χ1n) is 37.4. The fourth-order valence-corrected chi connectivity index (χ4v) is 12.1. The normalized spacial score (nSPS) is 12.5. The maximum absolute atomic E-state index is 12.6. The zero-order valence-electron chi connectivity index (χ0n) is 55.3. The van der Waals surface area contributed by atoms with Gasteiger partial charge in [-0.1, -0.05) is 379 Å². The van der Waals surface area contributed by atoms with E-state index in [1.54, 1.807) is 0 Å². The van der Waals surface area contributed by atoms with Gasteiger partial charge in [-0.05, 0) is 51.4 Å². The van der Waals surface area contributed by atoms with Crippen LogP contribution >= 0.6 is 0 Å². The van der Waals surface area contributed by atoms with E-state index in [1.807, 2.05) is 0 Å². The summed E-state index contributed by atoms with van der Waals surface area (Å²) in [6.45, 7) is 5.00. The van der Waals surface area contributed by atoms with Gasteiger partial charge in [-0.3, -0.25) is 9.59 Å². The van der Waals surface area contributed by atoms with Gasteiger partial charge >= 0.3 is 5.97 Å². The van der Waals surface area contributed by atoms with Crippen LogP contribution in [0.1, 0.15) is 431 Å². The summed E-state index contributed by atoms with van der Waals surface area (Å²) in [6, 6.07) is -0.543. The Morgan fingerprint density at radius 1 is 0.333 bits per heavy atom. The second-order valence-electron chi connectivity index (χ2n) is 26.0. The minimum Gasteiger partial charge on any atom is -0.466 e. The van der Waals surface area contributed by atoms with Crippen molar-refractivity contribution in [2.45, 2.75) is 443 Å². The van der Waals surface area contributed by atoms with Crippen molar-refractivity contribution in [2.24, 2.45) is 0 Å². The lowest BCUT2D eigenvalue weighted by molar-refractivity contribution is -0.143. The highest BCUT2D eigenvalue weighted by Crippen LogP contribution is 2.20. The van der Waals surface area contributed by atoms with Crippen LogP contribution in [0.5, 0.6) is 0 Å². The molecule has 0 rings (SSSR count). The van der Waals surface area contributed by atoms with Crippen LogP contribution in [-0.4, -0.2) is 47.4 Å². The van der Waals surface area contributed by atoms with Crippen LogP contribution in [0.4, 0.5) is 0 Å². The molecule has 2 atom stereocenters. The molecule has 0 aromatic rings. The summed E-state index contributed by atoms with van der Waals surface area (Å²) in [5, 5.41) is 23.5. The van der Waals surface area contributed by atoms with E-state index in [0.717, 1.165) is 38.5 Å². The number of esters is 1. The summed E-state index contributed by atoms with van der Waals surface area (Å²) in [6.07, 6.45) is 88.5. The van der Waals surface area contributed by atoms with Crippen molar-refractivity contribution >= 4 is 11.9 Å². The van der Waals surface area contributed by atoms with Crippen molar-refractivity contribution in [3.63, 3.8) is 0 Å². The van der Waals surface area contributed by atoms with Gasteiger partial charge in [0.2, 0.25) is 5.91 Å². The third-order valence-electron chi connectivity index (χ3n) is 17.8. The second kappa shape index (κ2) is 71.1. The molecule has 0 aliphatic carbocycles. The lowest BCUT2D eigenvalue weighted by Gasteiger charge is -2.22. The third kappa shape index (κ3) is 67.6. The van der Waals surface area contributed by atoms with Crippen LogP contribution in [0.2, 0.25) is 0 Å². The highest BCUT2D eigenvalue weighted by atomic mass is 16.5. The van der Waals surface area contributed by atoms with Gasteiger partial charge in [0, 0.05) is 12.8 Å². The number of unbranched alkanes of at least 4 members (excludes halogenated alkanes) is 58. The second-order valence-corrected chi connectivity index (χ2v) is 26.0. The molecule has 482 valence electrons. The van der Waals surface area contributed by atoms with Crippen LogP contribution in [0.15, 0.2) is 12.2 Å². The summed E-state index contributed by atoms with van der Waals surface area (Å²) in [7, 11) is 0. The molecule has 81 heavy (non-hydrogen) atoms. The summed E-state index contributed by atoms with van der Waals surface area (Å²) >= 11 is 0. The van der Waals surface area contributed by atoms with E-state index < -0.39 is 12.1 Å². The molecule has 0 heterocycles. The molecule has 0 bridgehead atoms. The Hall–Kier alpha value is -1.40. The number of ether oxygens (including phenoxy) is 1. The van der Waals surface area contributed by atoms with Crippen LogP contribution in [0, 0.1) is 0 Å². The molecule has 0 aliphatic heterocycles. The minimum atomic E-state index is -0.666. The molecule has 0 saturated heterocycles. The van der Waals surface area contributed by atoms with E-state index in [9.17, 15) is 19.8 Å². The van der Waals surface area contributed by atoms with Gasteiger partial charge in [0.05, 0.1) is 25.4 Å². The van der Waals surface area contributed by atoms with Gasteiger partial charge in [-0.15, -0.1) is 0 Å². The molecule has 6 nitrogen and oxygen atoms in total. The Kier molecular flexibility index (Phi) is 69.9. The largest absolute Gasteiger partial charge is 0.466 e. The average molecular weight is 1140 g/mol. The number of carbonyl (C=O) groups is 2. The fraction of sp³-hybridized carbons (Fsp3) is 0.947. The standard InChI is InChI=1S/C75H147NO5/c1-3-5-7-9-11-13-15-17-18-19-20-21-22-26-29-32-35-38-41-44-47-51-55-59-63-67-73(78)72(71-77)76-74(79)68-64-60-56-52-48-45-42-39-36-33-30-27-24-23-25-28-31-34-37-40-43-46-50-54-58-62-66-70-81-75(80)69-65-61-57-53-49-16-14-12-10-8-6-4-2/h23-24,72-73,77-78H,3-22,25-71H2,1-2H3,(H,76,79)/b24-23-. The molecule has 6 heteroatoms. The third-order valence-corrected chi connectivity index (χ3v) is 17.8. The SMILES string of the molecule is CCCCCCCCCCCCCCCCCCCCCCCCCCCC(O)C(CO)NC(=O)CCCCCCCCCCCCC/C=C\CCCCCCCCCCCCCCOC(=O)CCCCCCCCCCCCCC. The van der Waals surface area contributed by atoms with Gasteiger partial charge in [0.15, 0.2) is 0 Å². The van der Waals surface area contributed by atoms with E-state index in [2.05, 4.69) is 31.3 Å². The first-order valence-corrected chi connectivity index (χ1v) is 37.4. The van der Waals surface area contributed by atoms with Crippen molar-refractivity contribution < 1.29 is 24.5 Å². The highest BCUT2D eigenvalue weighted by molar-refractivity contribution is 5.76. The average Bonchev–Trinajstić information content (AvgIpc) is 3.47. The number of nitrogens with one attached hydrogen (secondary N) is 1. The molecule has 2 unspecified atom stereocenters. The van der Waals surface area contributed by atoms with E-state index >= 15 is 0 Å². The monoisotopic (exact) mass is 1140 g/mol. The molecular formula is C75H147NO5. The maximum atomic E-state index is 12.6. The zero-order valence-corrected chi connectivity index (χ0v) is 55.3. The molecule has 0 aromatic heterocycles. The molecule has 0 fully saturated rings. The van der Waals surface area contributed by atoms with Gasteiger partial charge in [-0.25, -0.2) is 0 Å². The van der Waals surface area contributed by atoms with Crippen LogP contribution in [-0.2, 0) is 14.3 Å². The Labute approximate surface area is 508 Å². The number of amides is 1. The summed E-state index contributed by atoms with van der Waals surface area (Å²) in [5.41, 5.74) is 0. The van der Waals surface area contributed by atoms with Gasteiger partial charge < -0.3 is 20.3 Å². The first kappa shape index (κ1) is 79.6. The van der Waals surface area contributed by atoms with Crippen LogP contribution in [0.3, 0.4) is 0 Å². The predicted octanol–water partition coefficient (Wildman–Crippen LogP) is 24.3. The number of allylic oxidation sites excluding steroid dienone is 2. The molecular weight excluding hydrogens is 995 g/mol. The Morgan fingerprint density at radius 3 is 0.877 bits per heavy atom. The number of rotatable bonds is 71. The summed E-state index contributed by atoms with van der Waals surface area (Å²) < 4.78 is 5.48. The number of hydrogen-bond acceptors (Lipinski definition) is 5. The van der Waals surface area contributed by atoms with E-state index in [4.69, 9.17) is 4.74 Å². The van der Waals surface area contributed by atoms with Crippen molar-refractivity contribution in [3.8, 4) is 0 Å². The molecule has 0 aliphatic rings. The van der Waals surface area contributed by atoms with E-state index in [1.165, 1.54) is 360 Å². The first-order chi connectivity index (χ1) is 40.0. The molecule has 0 radical (unpaired) electrons. The predicted molar refractivity (Wildman–Crippen MR) is 357 cm³/mol. The molecule has 0 spiro atoms. The smallest absolute Gasteiger partial charge is 0.305 e. The van der Waals surface area contributed by atoms with E-state index in [0.29, 0.717) is 25.9 Å². The Bertz CT molecular complexity index is 1220. The molecule has 1 amide bonds. The van der Waals surface area contributed by atoms with Crippen molar-refractivity contribution in [3.05, 3.63) is 12.2 Å². The van der Waals surface area contributed by atoms with Gasteiger partial charge in [0.25, 0.3) is 0 Å². The fourth-order valence-electron chi connectivity index (χ4n) is 12.1. The van der Waals surface area contributed by atoms with E-state index in [-0.39, 0.29) is 18.5 Å². The Morgan fingerprint density at radius 2 is 0.580 bits per heavy atom. The van der Waals surface area contributed by atoms with Crippen LogP contribution < -0.4 is 5.32 Å². The maximum Gasteiger partial charge on any atom is 0.305 e. The van der Waals surface area contributed by atoms with Crippen molar-refractivity contribution in [2.75, 3.05) is 13.2 Å². The zero-order chi connectivity index (χ0) is 58.5. The number of aliphatic hydroxyl groups excluding tert-OH is 2. The topological polar surface area (TPSA) is 95.9 Å². The van der Waals surface area contributed by atoms with Crippen LogP contribution in [0.25, 0.3) is 0 Å². The number of hydrogen-bond donors (Lipinski definition) is 3.